The summed E-state index contributed by atoms with van der Waals surface area (Å²) in [4.78, 5) is 21.9. The summed E-state index contributed by atoms with van der Waals surface area (Å²) in [5, 5.41) is 35.7. The molecule has 0 spiro atoms. The van der Waals surface area contributed by atoms with Gasteiger partial charge in [0.25, 0.3) is 0 Å². The molecule has 0 aromatic heterocycles. The van der Waals surface area contributed by atoms with Crippen LogP contribution in [-0.4, -0.2) is 74.6 Å². The number of alkyl halides is 3. The highest BCUT2D eigenvalue weighted by Gasteiger charge is 2.35. The van der Waals surface area contributed by atoms with E-state index in [-0.39, 0.29) is 5.02 Å². The molecule has 5 N–H and O–H groups in total. The molecule has 1 aromatic rings. The van der Waals surface area contributed by atoms with Crippen LogP contribution >= 0.6 is 11.6 Å². The van der Waals surface area contributed by atoms with Crippen molar-refractivity contribution in [2.45, 2.75) is 69.1 Å². The zero-order valence-electron chi connectivity index (χ0n) is 17.8. The Bertz CT molecular complexity index is 780. The van der Waals surface area contributed by atoms with Crippen molar-refractivity contribution < 1.29 is 43.2 Å². The van der Waals surface area contributed by atoms with Gasteiger partial charge < -0.3 is 25.7 Å². The van der Waals surface area contributed by atoms with Crippen molar-refractivity contribution in [1.82, 2.24) is 10.2 Å². The Morgan fingerprint density at radius 3 is 2.09 bits per heavy atom. The Morgan fingerprint density at radius 1 is 1.06 bits per heavy atom. The third-order valence-electron chi connectivity index (χ3n) is 5.84. The molecule has 1 saturated heterocycles. The Balaban J connectivity index is 0.000000328. The van der Waals surface area contributed by atoms with E-state index < -0.39 is 35.9 Å². The maximum Gasteiger partial charge on any atom is 0.417 e. The van der Waals surface area contributed by atoms with Gasteiger partial charge in [-0.2, -0.15) is 13.2 Å². The van der Waals surface area contributed by atoms with Gasteiger partial charge in [0.2, 0.25) is 0 Å². The molecular weight excluding hydrogens is 469 g/mol. The summed E-state index contributed by atoms with van der Waals surface area (Å²) in [6, 6.07) is 5.10. The molecule has 0 bridgehead atoms. The van der Waals surface area contributed by atoms with Crippen LogP contribution in [0, 0.1) is 0 Å². The number of hydrogen-bond donors (Lipinski definition) is 5. The summed E-state index contributed by atoms with van der Waals surface area (Å²) < 4.78 is 39.2. The number of halogens is 4. The molecule has 0 unspecified atom stereocenters. The fourth-order valence-corrected chi connectivity index (χ4v) is 4.40. The van der Waals surface area contributed by atoms with E-state index in [0.29, 0.717) is 24.2 Å². The van der Waals surface area contributed by atoms with E-state index in [4.69, 9.17) is 32.0 Å². The first-order valence-electron chi connectivity index (χ1n) is 10.6. The smallest absolute Gasteiger partial charge is 0.417 e. The van der Waals surface area contributed by atoms with Crippen molar-refractivity contribution in [2.24, 2.45) is 0 Å². The van der Waals surface area contributed by atoms with Crippen molar-refractivity contribution in [1.29, 1.82) is 0 Å². The quantitative estimate of drug-likeness (QED) is 0.389. The average molecular weight is 497 g/mol. The Kier molecular flexibility index (Phi) is 9.92. The molecular formula is C21H28ClF3N2O6. The Labute approximate surface area is 194 Å². The fourth-order valence-electron chi connectivity index (χ4n) is 4.10. The highest BCUT2D eigenvalue weighted by atomic mass is 35.5. The molecule has 1 aromatic carbocycles. The van der Waals surface area contributed by atoms with Crippen LogP contribution in [0.5, 0.6) is 0 Å². The van der Waals surface area contributed by atoms with Crippen LogP contribution in [0.4, 0.5) is 13.2 Å². The minimum absolute atomic E-state index is 0.144. The molecule has 2 fully saturated rings. The van der Waals surface area contributed by atoms with Gasteiger partial charge in [-0.3, -0.25) is 4.90 Å². The Hall–Kier alpha value is -1.92. The number of aliphatic hydroxyl groups is 2. The lowest BCUT2D eigenvalue weighted by atomic mass is 10.0. The van der Waals surface area contributed by atoms with Gasteiger partial charge in [0.05, 0.1) is 10.6 Å². The lowest BCUT2D eigenvalue weighted by molar-refractivity contribution is -0.165. The molecule has 1 aliphatic heterocycles. The summed E-state index contributed by atoms with van der Waals surface area (Å²) in [6.07, 6.45) is -3.21. The number of carboxylic acids is 2. The van der Waals surface area contributed by atoms with Crippen LogP contribution in [-0.2, 0) is 22.3 Å². The first-order valence-corrected chi connectivity index (χ1v) is 10.9. The average Bonchev–Trinajstić information content (AvgIpc) is 3.46. The first kappa shape index (κ1) is 27.3. The van der Waals surface area contributed by atoms with Crippen LogP contribution < -0.4 is 5.32 Å². The molecule has 1 heterocycles. The second-order valence-electron chi connectivity index (χ2n) is 8.10. The zero-order valence-corrected chi connectivity index (χ0v) is 18.5. The number of carboxylic acid groups (broad SMARTS) is 2. The summed E-state index contributed by atoms with van der Waals surface area (Å²) in [7, 11) is 0. The van der Waals surface area contributed by atoms with Crippen LogP contribution in [0.25, 0.3) is 0 Å². The van der Waals surface area contributed by atoms with E-state index in [1.54, 1.807) is 6.07 Å². The van der Waals surface area contributed by atoms with Gasteiger partial charge >= 0.3 is 18.1 Å². The van der Waals surface area contributed by atoms with Gasteiger partial charge in [0.15, 0.2) is 12.2 Å². The van der Waals surface area contributed by atoms with E-state index in [9.17, 15) is 22.8 Å². The first-order chi connectivity index (χ1) is 15.4. The normalized spacial score (nSPS) is 20.9. The zero-order chi connectivity index (χ0) is 24.8. The van der Waals surface area contributed by atoms with Crippen molar-refractivity contribution >= 4 is 23.5 Å². The minimum Gasteiger partial charge on any atom is -0.479 e. The van der Waals surface area contributed by atoms with Gasteiger partial charge in [-0.1, -0.05) is 36.6 Å². The summed E-state index contributed by atoms with van der Waals surface area (Å²) >= 11 is 6.09. The molecule has 2 aliphatic rings. The SMILES string of the molecule is FC(F)(F)c1cccc(CN(C2CCCC2)[C@H]2CCNC2)c1Cl.O=C(O)[C@@H](O)[C@H](O)C(=O)O. The maximum atomic E-state index is 13.1. The largest absolute Gasteiger partial charge is 0.479 e. The molecule has 0 radical (unpaired) electrons. The van der Waals surface area contributed by atoms with Crippen LogP contribution in [0.1, 0.15) is 43.2 Å². The highest BCUT2D eigenvalue weighted by Crippen LogP contribution is 2.37. The summed E-state index contributed by atoms with van der Waals surface area (Å²) in [5.74, 6) is -3.54. The summed E-state index contributed by atoms with van der Waals surface area (Å²) in [6.45, 7) is 2.39. The number of nitrogens with one attached hydrogen (secondary N) is 1. The molecule has 8 nitrogen and oxygen atoms in total. The van der Waals surface area contributed by atoms with E-state index in [1.165, 1.54) is 18.9 Å². The van der Waals surface area contributed by atoms with Crippen molar-refractivity contribution in [3.63, 3.8) is 0 Å². The Morgan fingerprint density at radius 2 is 1.64 bits per heavy atom. The van der Waals surface area contributed by atoms with Gasteiger partial charge in [0.1, 0.15) is 0 Å². The molecule has 33 heavy (non-hydrogen) atoms. The number of rotatable bonds is 7. The third kappa shape index (κ3) is 7.54. The van der Waals surface area contributed by atoms with Gasteiger partial charge in [-0.25, -0.2) is 9.59 Å². The topological polar surface area (TPSA) is 130 Å². The lowest BCUT2D eigenvalue weighted by Gasteiger charge is -2.34. The molecule has 12 heteroatoms. The van der Waals surface area contributed by atoms with Crippen LogP contribution in [0.3, 0.4) is 0 Å². The third-order valence-corrected chi connectivity index (χ3v) is 6.29. The maximum absolute atomic E-state index is 13.1. The minimum atomic E-state index is -4.40. The van der Waals surface area contributed by atoms with Crippen molar-refractivity contribution in [3.8, 4) is 0 Å². The molecule has 1 saturated carbocycles. The van der Waals surface area contributed by atoms with Crippen molar-refractivity contribution in [2.75, 3.05) is 13.1 Å². The van der Waals surface area contributed by atoms with Crippen molar-refractivity contribution in [3.05, 3.63) is 34.3 Å². The predicted octanol–water partition coefficient (Wildman–Crippen LogP) is 2.34. The number of aliphatic hydroxyl groups excluding tert-OH is 2. The summed E-state index contributed by atoms with van der Waals surface area (Å²) in [5.41, 5.74) is -0.145. The van der Waals surface area contributed by atoms with E-state index in [0.717, 1.165) is 38.4 Å². The van der Waals surface area contributed by atoms with Gasteiger partial charge in [-0.15, -0.1) is 0 Å². The van der Waals surface area contributed by atoms with Crippen LogP contribution in [0.15, 0.2) is 18.2 Å². The monoisotopic (exact) mass is 496 g/mol. The second kappa shape index (κ2) is 12.0. The standard InChI is InChI=1S/C17H22ClF3N2.C4H6O6/c18-16-12(4-3-7-15(16)17(19,20)21)11-23(13-5-1-2-6-13)14-8-9-22-10-14;5-1(3(7)8)2(6)4(9)10/h3-4,7,13-14,22H,1-2,5-6,8-11H2;1-2,5-6H,(H,7,8)(H,9,10)/t14-;1-,2-/m00/s1. The number of hydrogen-bond acceptors (Lipinski definition) is 6. The second-order valence-corrected chi connectivity index (χ2v) is 8.48. The molecule has 186 valence electrons. The number of nitrogens with zero attached hydrogens (tertiary/aromatic N) is 1. The van der Waals surface area contributed by atoms with E-state index in [2.05, 4.69) is 10.2 Å². The number of aliphatic carboxylic acids is 2. The molecule has 3 rings (SSSR count). The number of benzene rings is 1. The van der Waals surface area contributed by atoms with Gasteiger partial charge in [-0.05, 0) is 37.4 Å². The van der Waals surface area contributed by atoms with E-state index in [1.807, 2.05) is 0 Å². The molecule has 3 atom stereocenters. The highest BCUT2D eigenvalue weighted by molar-refractivity contribution is 6.32. The lowest BCUT2D eigenvalue weighted by Crippen LogP contribution is -2.42. The molecule has 1 aliphatic carbocycles. The van der Waals surface area contributed by atoms with Gasteiger partial charge in [0, 0.05) is 25.2 Å². The molecule has 0 amide bonds. The predicted molar refractivity (Wildman–Crippen MR) is 113 cm³/mol. The van der Waals surface area contributed by atoms with Crippen LogP contribution in [0.2, 0.25) is 5.02 Å². The fraction of sp³-hybridized carbons (Fsp3) is 0.619. The number of carbonyl (C=O) groups is 2. The van der Waals surface area contributed by atoms with E-state index >= 15 is 0 Å².